The smallest absolute Gasteiger partial charge is 0.239 e. The van der Waals surface area contributed by atoms with E-state index >= 15 is 0 Å². The molecule has 0 aromatic rings. The highest BCUT2D eigenvalue weighted by Gasteiger charge is 2.54. The number of hydrogen-bond donors (Lipinski definition) is 1. The first-order chi connectivity index (χ1) is 5.70. The van der Waals surface area contributed by atoms with Gasteiger partial charge in [-0.15, -0.1) is 0 Å². The molecule has 0 aromatic heterocycles. The lowest BCUT2D eigenvalue weighted by atomic mass is 9.65. The first kappa shape index (κ1) is 10.5. The highest BCUT2D eigenvalue weighted by Crippen LogP contribution is 2.46. The monoisotopic (exact) mass is 184 g/mol. The zero-order valence-electron chi connectivity index (χ0n) is 9.22. The average Bonchev–Trinajstić information content (AvgIpc) is 1.98. The lowest BCUT2D eigenvalue weighted by Crippen LogP contribution is -2.72. The molecule has 0 radical (unpaired) electrons. The van der Waals surface area contributed by atoms with Gasteiger partial charge in [0.05, 0.1) is 6.04 Å². The molecule has 0 aliphatic carbocycles. The van der Waals surface area contributed by atoms with Crippen LogP contribution in [0.1, 0.15) is 34.6 Å². The number of nitrogens with two attached hydrogens (primary N) is 1. The fourth-order valence-corrected chi connectivity index (χ4v) is 1.66. The van der Waals surface area contributed by atoms with Crippen molar-refractivity contribution in [3.05, 3.63) is 0 Å². The number of amides is 1. The van der Waals surface area contributed by atoms with Gasteiger partial charge in [-0.05, 0) is 20.8 Å². The van der Waals surface area contributed by atoms with E-state index in [4.69, 9.17) is 5.73 Å². The summed E-state index contributed by atoms with van der Waals surface area (Å²) in [5.74, 6) is 0.0596. The second-order valence-electron chi connectivity index (χ2n) is 5.16. The number of carbonyl (C=O) groups is 1. The van der Waals surface area contributed by atoms with Crippen molar-refractivity contribution in [3.8, 4) is 0 Å². The lowest BCUT2D eigenvalue weighted by Gasteiger charge is -2.61. The van der Waals surface area contributed by atoms with E-state index in [0.29, 0.717) is 0 Å². The number of nitrogens with zero attached hydrogens (tertiary/aromatic N) is 1. The van der Waals surface area contributed by atoms with Gasteiger partial charge in [0, 0.05) is 17.5 Å². The van der Waals surface area contributed by atoms with Crippen molar-refractivity contribution in [1.82, 2.24) is 4.90 Å². The van der Waals surface area contributed by atoms with Gasteiger partial charge in [0.15, 0.2) is 0 Å². The third kappa shape index (κ3) is 1.35. The van der Waals surface area contributed by atoms with Crippen molar-refractivity contribution in [3.63, 3.8) is 0 Å². The maximum atomic E-state index is 11.6. The third-order valence-electron chi connectivity index (χ3n) is 3.54. The van der Waals surface area contributed by atoms with Crippen LogP contribution < -0.4 is 5.73 Å². The van der Waals surface area contributed by atoms with Crippen molar-refractivity contribution in [1.29, 1.82) is 0 Å². The van der Waals surface area contributed by atoms with Crippen LogP contribution in [0.5, 0.6) is 0 Å². The highest BCUT2D eigenvalue weighted by atomic mass is 16.2. The number of hydrogen-bond acceptors (Lipinski definition) is 2. The third-order valence-corrected chi connectivity index (χ3v) is 3.54. The second-order valence-corrected chi connectivity index (χ2v) is 5.16. The molecule has 3 heteroatoms. The largest absolute Gasteiger partial charge is 0.335 e. The first-order valence-electron chi connectivity index (χ1n) is 4.77. The summed E-state index contributed by atoms with van der Waals surface area (Å²) in [5, 5.41) is 0. The Kier molecular flexibility index (Phi) is 2.19. The number of likely N-dealkylation sites (tertiary alicyclic amines) is 1. The molecule has 0 bridgehead atoms. The molecule has 2 N–H and O–H groups in total. The van der Waals surface area contributed by atoms with Crippen molar-refractivity contribution < 1.29 is 4.79 Å². The molecule has 0 unspecified atom stereocenters. The normalized spacial score (nSPS) is 26.5. The fraction of sp³-hybridized carbons (Fsp3) is 0.900. The Balaban J connectivity index is 2.75. The first-order valence-corrected chi connectivity index (χ1v) is 4.77. The van der Waals surface area contributed by atoms with E-state index in [-0.39, 0.29) is 22.9 Å². The van der Waals surface area contributed by atoms with Gasteiger partial charge in [-0.3, -0.25) is 4.79 Å². The van der Waals surface area contributed by atoms with Crippen LogP contribution in [0.2, 0.25) is 0 Å². The minimum absolute atomic E-state index is 0.0578. The Labute approximate surface area is 80.3 Å². The van der Waals surface area contributed by atoms with Gasteiger partial charge in [-0.1, -0.05) is 13.8 Å². The summed E-state index contributed by atoms with van der Waals surface area (Å²) in [6.07, 6.45) is 0. The summed E-state index contributed by atoms with van der Waals surface area (Å²) >= 11 is 0. The Morgan fingerprint density at radius 1 is 1.38 bits per heavy atom. The van der Waals surface area contributed by atoms with Crippen LogP contribution in [0, 0.1) is 5.41 Å². The van der Waals surface area contributed by atoms with E-state index in [1.54, 1.807) is 6.92 Å². The molecule has 1 aliphatic rings. The summed E-state index contributed by atoms with van der Waals surface area (Å²) in [4.78, 5) is 13.5. The molecule has 1 amide bonds. The SMILES string of the molecule is C[C@H](N)C(=O)N1CC(C)(C)C1(C)C. The summed E-state index contributed by atoms with van der Waals surface area (Å²) in [6, 6.07) is -0.379. The minimum Gasteiger partial charge on any atom is -0.335 e. The van der Waals surface area contributed by atoms with Crippen LogP contribution in [0.4, 0.5) is 0 Å². The van der Waals surface area contributed by atoms with E-state index in [0.717, 1.165) is 6.54 Å². The minimum atomic E-state index is -0.379. The maximum absolute atomic E-state index is 11.6. The molecule has 0 saturated carbocycles. The fourth-order valence-electron chi connectivity index (χ4n) is 1.66. The van der Waals surface area contributed by atoms with Crippen molar-refractivity contribution >= 4 is 5.91 Å². The predicted octanol–water partition coefficient (Wildman–Crippen LogP) is 0.981. The average molecular weight is 184 g/mol. The second kappa shape index (κ2) is 2.71. The Bertz CT molecular complexity index is 231. The van der Waals surface area contributed by atoms with Gasteiger partial charge in [0.1, 0.15) is 0 Å². The predicted molar refractivity (Wildman–Crippen MR) is 53.2 cm³/mol. The Morgan fingerprint density at radius 2 is 1.85 bits per heavy atom. The molecular weight excluding hydrogens is 164 g/mol. The zero-order valence-corrected chi connectivity index (χ0v) is 9.22. The van der Waals surface area contributed by atoms with Gasteiger partial charge < -0.3 is 10.6 Å². The molecule has 13 heavy (non-hydrogen) atoms. The summed E-state index contributed by atoms with van der Waals surface area (Å²) < 4.78 is 0. The summed E-state index contributed by atoms with van der Waals surface area (Å²) in [5.41, 5.74) is 5.71. The molecular formula is C10H20N2O. The number of rotatable bonds is 1. The van der Waals surface area contributed by atoms with E-state index in [2.05, 4.69) is 27.7 Å². The Morgan fingerprint density at radius 3 is 2.08 bits per heavy atom. The quantitative estimate of drug-likeness (QED) is 0.660. The van der Waals surface area contributed by atoms with Crippen LogP contribution in [-0.2, 0) is 4.79 Å². The molecule has 1 fully saturated rings. The summed E-state index contributed by atoms with van der Waals surface area (Å²) in [6.45, 7) is 11.1. The molecule has 1 atom stereocenters. The van der Waals surface area contributed by atoms with E-state index in [9.17, 15) is 4.79 Å². The van der Waals surface area contributed by atoms with E-state index in [1.807, 2.05) is 4.90 Å². The molecule has 1 saturated heterocycles. The van der Waals surface area contributed by atoms with Crippen LogP contribution in [0.15, 0.2) is 0 Å². The Hall–Kier alpha value is -0.570. The van der Waals surface area contributed by atoms with Gasteiger partial charge >= 0.3 is 0 Å². The van der Waals surface area contributed by atoms with Crippen LogP contribution in [0.3, 0.4) is 0 Å². The molecule has 3 nitrogen and oxygen atoms in total. The van der Waals surface area contributed by atoms with Crippen LogP contribution in [-0.4, -0.2) is 28.9 Å². The van der Waals surface area contributed by atoms with Crippen molar-refractivity contribution in [2.45, 2.75) is 46.2 Å². The maximum Gasteiger partial charge on any atom is 0.239 e. The molecule has 76 valence electrons. The molecule has 1 rings (SSSR count). The van der Waals surface area contributed by atoms with Gasteiger partial charge in [-0.25, -0.2) is 0 Å². The van der Waals surface area contributed by atoms with Crippen LogP contribution in [0.25, 0.3) is 0 Å². The number of carbonyl (C=O) groups excluding carboxylic acids is 1. The molecule has 1 aliphatic heterocycles. The van der Waals surface area contributed by atoms with Crippen LogP contribution >= 0.6 is 0 Å². The molecule has 1 heterocycles. The van der Waals surface area contributed by atoms with Gasteiger partial charge in [-0.2, -0.15) is 0 Å². The van der Waals surface area contributed by atoms with E-state index in [1.165, 1.54) is 0 Å². The van der Waals surface area contributed by atoms with Crippen molar-refractivity contribution in [2.24, 2.45) is 11.1 Å². The summed E-state index contributed by atoms with van der Waals surface area (Å²) in [7, 11) is 0. The van der Waals surface area contributed by atoms with Gasteiger partial charge in [0.2, 0.25) is 5.91 Å². The van der Waals surface area contributed by atoms with Crippen molar-refractivity contribution in [2.75, 3.05) is 6.54 Å². The zero-order chi connectivity index (χ0) is 10.4. The topological polar surface area (TPSA) is 46.3 Å². The molecule has 0 spiro atoms. The molecule has 0 aromatic carbocycles. The van der Waals surface area contributed by atoms with Gasteiger partial charge in [0.25, 0.3) is 0 Å². The standard InChI is InChI=1S/C10H20N2O/c1-7(11)8(13)12-6-9(2,3)10(12,4)5/h7H,6,11H2,1-5H3/t7-/m0/s1. The van der Waals surface area contributed by atoms with E-state index < -0.39 is 0 Å². The lowest BCUT2D eigenvalue weighted by molar-refractivity contribution is -0.168. The highest BCUT2D eigenvalue weighted by molar-refractivity contribution is 5.83.